The predicted molar refractivity (Wildman–Crippen MR) is 77.6 cm³/mol. The van der Waals surface area contributed by atoms with Crippen LogP contribution in [0.25, 0.3) is 0 Å². The van der Waals surface area contributed by atoms with E-state index in [1.807, 2.05) is 7.05 Å². The zero-order valence-corrected chi connectivity index (χ0v) is 11.5. The number of anilines is 1. The first kappa shape index (κ1) is 12.2. The van der Waals surface area contributed by atoms with Crippen molar-refractivity contribution in [1.29, 1.82) is 0 Å². The normalized spacial score (nSPS) is 13.4. The molecule has 0 amide bonds. The fraction of sp³-hybridized carbons (Fsp3) is 0.375. The number of hydrogen-bond donors (Lipinski definition) is 1. The van der Waals surface area contributed by atoms with Crippen LogP contribution in [0.15, 0.2) is 24.3 Å². The van der Waals surface area contributed by atoms with Crippen molar-refractivity contribution in [3.63, 3.8) is 0 Å². The van der Waals surface area contributed by atoms with Crippen molar-refractivity contribution in [3.05, 3.63) is 52.5 Å². The largest absolute Gasteiger partial charge is 0.373 e. The minimum Gasteiger partial charge on any atom is -0.373 e. The van der Waals surface area contributed by atoms with Gasteiger partial charge in [0, 0.05) is 24.7 Å². The number of fused-ring (bicyclic) bond motifs is 1. The van der Waals surface area contributed by atoms with Crippen LogP contribution in [0.5, 0.6) is 0 Å². The van der Waals surface area contributed by atoms with E-state index in [-0.39, 0.29) is 0 Å². The van der Waals surface area contributed by atoms with Crippen molar-refractivity contribution in [2.45, 2.75) is 32.6 Å². The molecule has 2 aromatic rings. The molecule has 0 atom stereocenters. The number of benzene rings is 1. The standard InChI is InChI=1S/C16H19N3/c1-11-5-3-6-12(9-11)10-15-18-14-8-4-7-13(14)16(17-2)19-15/h3,5-6,9H,4,7-8,10H2,1-2H3,(H,17,18,19). The van der Waals surface area contributed by atoms with Crippen LogP contribution in [-0.2, 0) is 19.3 Å². The summed E-state index contributed by atoms with van der Waals surface area (Å²) in [5, 5.41) is 3.21. The number of aryl methyl sites for hydroxylation is 2. The second kappa shape index (κ2) is 5.00. The maximum Gasteiger partial charge on any atom is 0.135 e. The van der Waals surface area contributed by atoms with Gasteiger partial charge in [0.15, 0.2) is 0 Å². The minimum absolute atomic E-state index is 0.809. The highest BCUT2D eigenvalue weighted by molar-refractivity contribution is 5.48. The highest BCUT2D eigenvalue weighted by Gasteiger charge is 2.18. The van der Waals surface area contributed by atoms with Gasteiger partial charge in [-0.2, -0.15) is 0 Å². The Morgan fingerprint density at radius 3 is 2.89 bits per heavy atom. The van der Waals surface area contributed by atoms with E-state index >= 15 is 0 Å². The van der Waals surface area contributed by atoms with Crippen molar-refractivity contribution in [2.24, 2.45) is 0 Å². The summed E-state index contributed by atoms with van der Waals surface area (Å²) in [6, 6.07) is 8.56. The van der Waals surface area contributed by atoms with Crippen LogP contribution in [-0.4, -0.2) is 17.0 Å². The quantitative estimate of drug-likeness (QED) is 0.914. The van der Waals surface area contributed by atoms with E-state index in [4.69, 9.17) is 4.98 Å². The molecule has 3 rings (SSSR count). The Kier molecular flexibility index (Phi) is 3.20. The number of rotatable bonds is 3. The topological polar surface area (TPSA) is 37.8 Å². The molecule has 1 aromatic carbocycles. The lowest BCUT2D eigenvalue weighted by atomic mass is 10.1. The molecule has 1 N–H and O–H groups in total. The highest BCUT2D eigenvalue weighted by Crippen LogP contribution is 2.26. The number of nitrogens with zero attached hydrogens (tertiary/aromatic N) is 2. The fourth-order valence-electron chi connectivity index (χ4n) is 2.77. The Morgan fingerprint density at radius 2 is 2.11 bits per heavy atom. The molecule has 1 heterocycles. The molecule has 0 fully saturated rings. The van der Waals surface area contributed by atoms with Gasteiger partial charge in [-0.25, -0.2) is 9.97 Å². The molecule has 19 heavy (non-hydrogen) atoms. The molecular weight excluding hydrogens is 234 g/mol. The first-order valence-electron chi connectivity index (χ1n) is 6.88. The average molecular weight is 253 g/mol. The van der Waals surface area contributed by atoms with Crippen LogP contribution in [0.2, 0.25) is 0 Å². The molecular formula is C16H19N3. The minimum atomic E-state index is 0.809. The lowest BCUT2D eigenvalue weighted by Crippen LogP contribution is -2.06. The molecule has 3 nitrogen and oxygen atoms in total. The van der Waals surface area contributed by atoms with Crippen LogP contribution in [0.4, 0.5) is 5.82 Å². The molecule has 0 unspecified atom stereocenters. The maximum atomic E-state index is 4.74. The van der Waals surface area contributed by atoms with Crippen molar-refractivity contribution in [2.75, 3.05) is 12.4 Å². The summed E-state index contributed by atoms with van der Waals surface area (Å²) in [6.45, 7) is 2.12. The molecule has 0 saturated carbocycles. The van der Waals surface area contributed by atoms with Gasteiger partial charge in [0.2, 0.25) is 0 Å². The van der Waals surface area contributed by atoms with E-state index in [0.29, 0.717) is 0 Å². The summed E-state index contributed by atoms with van der Waals surface area (Å²) >= 11 is 0. The van der Waals surface area contributed by atoms with Crippen molar-refractivity contribution in [3.8, 4) is 0 Å². The summed E-state index contributed by atoms with van der Waals surface area (Å²) < 4.78 is 0. The van der Waals surface area contributed by atoms with Gasteiger partial charge in [0.05, 0.1) is 0 Å². The average Bonchev–Trinajstić information content (AvgIpc) is 2.86. The van der Waals surface area contributed by atoms with Crippen LogP contribution < -0.4 is 5.32 Å². The fourth-order valence-corrected chi connectivity index (χ4v) is 2.77. The molecule has 98 valence electrons. The molecule has 0 radical (unpaired) electrons. The number of nitrogens with one attached hydrogen (secondary N) is 1. The molecule has 3 heteroatoms. The van der Waals surface area contributed by atoms with E-state index < -0.39 is 0 Å². The van der Waals surface area contributed by atoms with Gasteiger partial charge in [-0.1, -0.05) is 29.8 Å². The molecule has 1 aliphatic rings. The number of hydrogen-bond acceptors (Lipinski definition) is 3. The van der Waals surface area contributed by atoms with Crippen LogP contribution in [0, 0.1) is 6.92 Å². The Morgan fingerprint density at radius 1 is 1.21 bits per heavy atom. The Balaban J connectivity index is 1.93. The maximum absolute atomic E-state index is 4.74. The summed E-state index contributed by atoms with van der Waals surface area (Å²) in [6.07, 6.45) is 4.21. The monoisotopic (exact) mass is 253 g/mol. The van der Waals surface area contributed by atoms with Crippen molar-refractivity contribution in [1.82, 2.24) is 9.97 Å². The van der Waals surface area contributed by atoms with Gasteiger partial charge >= 0.3 is 0 Å². The van der Waals surface area contributed by atoms with Crippen molar-refractivity contribution >= 4 is 5.82 Å². The second-order valence-electron chi connectivity index (χ2n) is 5.18. The van der Waals surface area contributed by atoms with Gasteiger partial charge in [-0.15, -0.1) is 0 Å². The van der Waals surface area contributed by atoms with Gasteiger partial charge in [0.25, 0.3) is 0 Å². The first-order valence-corrected chi connectivity index (χ1v) is 6.88. The van der Waals surface area contributed by atoms with E-state index in [2.05, 4.69) is 41.5 Å². The Labute approximate surface area is 114 Å². The molecule has 0 aliphatic heterocycles. The van der Waals surface area contributed by atoms with Crippen molar-refractivity contribution < 1.29 is 0 Å². The van der Waals surface area contributed by atoms with Gasteiger partial charge in [-0.3, -0.25) is 0 Å². The van der Waals surface area contributed by atoms with E-state index in [9.17, 15) is 0 Å². The molecule has 1 aliphatic carbocycles. The van der Waals surface area contributed by atoms with Gasteiger partial charge < -0.3 is 5.32 Å². The summed E-state index contributed by atoms with van der Waals surface area (Å²) in [7, 11) is 1.94. The smallest absolute Gasteiger partial charge is 0.135 e. The van der Waals surface area contributed by atoms with Gasteiger partial charge in [-0.05, 0) is 31.7 Å². The van der Waals surface area contributed by atoms with Crippen LogP contribution in [0.3, 0.4) is 0 Å². The van der Waals surface area contributed by atoms with E-state index in [1.54, 1.807) is 0 Å². The van der Waals surface area contributed by atoms with Crippen LogP contribution in [0.1, 0.15) is 34.6 Å². The third kappa shape index (κ3) is 2.46. The first-order chi connectivity index (χ1) is 9.26. The van der Waals surface area contributed by atoms with E-state index in [0.717, 1.165) is 30.9 Å². The molecule has 0 spiro atoms. The second-order valence-corrected chi connectivity index (χ2v) is 5.18. The Bertz CT molecular complexity index is 605. The summed E-state index contributed by atoms with van der Waals surface area (Å²) in [5.41, 5.74) is 5.12. The van der Waals surface area contributed by atoms with Gasteiger partial charge in [0.1, 0.15) is 11.6 Å². The summed E-state index contributed by atoms with van der Waals surface area (Å²) in [4.78, 5) is 9.40. The SMILES string of the molecule is CNc1nc(Cc2cccc(C)c2)nc2c1CCC2. The zero-order valence-electron chi connectivity index (χ0n) is 11.5. The molecule has 1 aromatic heterocycles. The molecule has 0 saturated heterocycles. The number of aromatic nitrogens is 2. The van der Waals surface area contributed by atoms with E-state index in [1.165, 1.54) is 28.8 Å². The van der Waals surface area contributed by atoms with Crippen LogP contribution >= 0.6 is 0 Å². The third-order valence-corrected chi connectivity index (χ3v) is 3.66. The predicted octanol–water partition coefficient (Wildman–Crippen LogP) is 2.91. The zero-order chi connectivity index (χ0) is 13.2. The lowest BCUT2D eigenvalue weighted by Gasteiger charge is -2.09. The lowest BCUT2D eigenvalue weighted by molar-refractivity contribution is 0.885. The Hall–Kier alpha value is -1.90. The third-order valence-electron chi connectivity index (χ3n) is 3.66. The highest BCUT2D eigenvalue weighted by atomic mass is 15.0. The molecule has 0 bridgehead atoms. The summed E-state index contributed by atoms with van der Waals surface area (Å²) in [5.74, 6) is 1.95.